The van der Waals surface area contributed by atoms with Crippen molar-refractivity contribution < 1.29 is 9.26 Å². The third-order valence-electron chi connectivity index (χ3n) is 4.87. The van der Waals surface area contributed by atoms with Crippen LogP contribution in [-0.2, 0) is 6.54 Å². The fraction of sp³-hybridized carbons (Fsp3) is 0.182. The Kier molecular flexibility index (Phi) is 4.69. The molecule has 0 atom stereocenters. The molecule has 2 aromatic heterocycles. The molecule has 2 aromatic carbocycles. The van der Waals surface area contributed by atoms with E-state index in [-0.39, 0.29) is 5.56 Å². The van der Waals surface area contributed by atoms with Gasteiger partial charge in [-0.25, -0.2) is 0 Å². The Morgan fingerprint density at radius 1 is 1.04 bits per heavy atom. The maximum absolute atomic E-state index is 12.9. The second kappa shape index (κ2) is 7.17. The highest BCUT2D eigenvalue weighted by molar-refractivity contribution is 6.30. The van der Waals surface area contributed by atoms with Gasteiger partial charge in [0.2, 0.25) is 0 Å². The smallest absolute Gasteiger partial charge is 0.251 e. The molecular weight excluding hydrogens is 376 g/mol. The number of aryl methyl sites for hydroxylation is 2. The second-order valence-electron chi connectivity index (χ2n) is 6.66. The van der Waals surface area contributed by atoms with E-state index in [0.29, 0.717) is 23.1 Å². The van der Waals surface area contributed by atoms with E-state index in [2.05, 4.69) is 5.16 Å². The number of pyridine rings is 1. The van der Waals surface area contributed by atoms with Crippen LogP contribution in [0, 0.1) is 13.8 Å². The molecule has 2 heterocycles. The maximum Gasteiger partial charge on any atom is 0.251 e. The number of methoxy groups -OCH3 is 1. The number of hydrogen-bond acceptors (Lipinski definition) is 4. The summed E-state index contributed by atoms with van der Waals surface area (Å²) in [5.74, 6) is 1.34. The molecule has 0 radical (unpaired) electrons. The lowest BCUT2D eigenvalue weighted by Gasteiger charge is -2.17. The molecule has 0 aliphatic heterocycles. The summed E-state index contributed by atoms with van der Waals surface area (Å²) in [5, 5.41) is 5.68. The van der Waals surface area contributed by atoms with Crippen LogP contribution in [0.25, 0.3) is 22.0 Å². The molecule has 0 saturated carbocycles. The highest BCUT2D eigenvalue weighted by atomic mass is 35.5. The molecule has 0 saturated heterocycles. The summed E-state index contributed by atoms with van der Waals surface area (Å²) in [6.45, 7) is 4.16. The highest BCUT2D eigenvalue weighted by Crippen LogP contribution is 2.39. The average molecular weight is 395 g/mol. The zero-order valence-corrected chi connectivity index (χ0v) is 16.6. The standard InChI is InChI=1S/C22H19ClN2O3/c1-13-20(14(2)28-24-13)21-18(27-3)10-6-16-7-11-19(26)25(22(16)21)12-15-4-8-17(23)9-5-15/h4-11H,12H2,1-3H3. The van der Waals surface area contributed by atoms with Crippen molar-refractivity contribution in [1.29, 1.82) is 0 Å². The molecule has 0 fully saturated rings. The molecule has 5 nitrogen and oxygen atoms in total. The largest absolute Gasteiger partial charge is 0.496 e. The zero-order chi connectivity index (χ0) is 19.8. The van der Waals surface area contributed by atoms with Crippen molar-refractivity contribution in [2.45, 2.75) is 20.4 Å². The first-order valence-corrected chi connectivity index (χ1v) is 9.25. The highest BCUT2D eigenvalue weighted by Gasteiger charge is 2.21. The van der Waals surface area contributed by atoms with E-state index in [1.165, 1.54) is 0 Å². The van der Waals surface area contributed by atoms with E-state index >= 15 is 0 Å². The maximum atomic E-state index is 12.9. The molecule has 0 aliphatic carbocycles. The molecular formula is C22H19ClN2O3. The van der Waals surface area contributed by atoms with Gasteiger partial charge in [0.15, 0.2) is 0 Å². The first-order valence-electron chi connectivity index (χ1n) is 8.88. The summed E-state index contributed by atoms with van der Waals surface area (Å²) >= 11 is 6.01. The molecule has 0 unspecified atom stereocenters. The van der Waals surface area contributed by atoms with Crippen molar-refractivity contribution in [2.75, 3.05) is 7.11 Å². The Hall–Kier alpha value is -3.05. The Bertz CT molecular complexity index is 1200. The van der Waals surface area contributed by atoms with Gasteiger partial charge in [0, 0.05) is 11.1 Å². The number of hydrogen-bond donors (Lipinski definition) is 0. The Balaban J connectivity index is 2.06. The third-order valence-corrected chi connectivity index (χ3v) is 5.12. The predicted octanol–water partition coefficient (Wildman–Crippen LogP) is 4.98. The molecule has 6 heteroatoms. The molecule has 0 N–H and O–H groups in total. The van der Waals surface area contributed by atoms with Crippen LogP contribution < -0.4 is 10.3 Å². The number of benzene rings is 2. The predicted molar refractivity (Wildman–Crippen MR) is 110 cm³/mol. The Morgan fingerprint density at radius 2 is 1.75 bits per heavy atom. The molecule has 4 aromatic rings. The van der Waals surface area contributed by atoms with Gasteiger partial charge < -0.3 is 13.8 Å². The van der Waals surface area contributed by atoms with Gasteiger partial charge in [-0.05, 0) is 55.1 Å². The minimum Gasteiger partial charge on any atom is -0.496 e. The van der Waals surface area contributed by atoms with Crippen molar-refractivity contribution >= 4 is 22.5 Å². The second-order valence-corrected chi connectivity index (χ2v) is 7.10. The number of ether oxygens (including phenoxy) is 1. The number of rotatable bonds is 4. The van der Waals surface area contributed by atoms with Gasteiger partial charge in [0.05, 0.1) is 36.0 Å². The summed E-state index contributed by atoms with van der Waals surface area (Å²) in [4.78, 5) is 12.9. The molecule has 4 rings (SSSR count). The van der Waals surface area contributed by atoms with Crippen molar-refractivity contribution in [1.82, 2.24) is 9.72 Å². The van der Waals surface area contributed by atoms with Crippen molar-refractivity contribution in [3.05, 3.63) is 80.9 Å². The van der Waals surface area contributed by atoms with E-state index in [9.17, 15) is 4.79 Å². The van der Waals surface area contributed by atoms with E-state index in [4.69, 9.17) is 20.9 Å². The van der Waals surface area contributed by atoms with Crippen molar-refractivity contribution in [3.63, 3.8) is 0 Å². The van der Waals surface area contributed by atoms with Crippen LogP contribution in [0.1, 0.15) is 17.0 Å². The molecule has 28 heavy (non-hydrogen) atoms. The molecule has 142 valence electrons. The Morgan fingerprint density at radius 3 is 2.39 bits per heavy atom. The number of halogens is 1. The summed E-state index contributed by atoms with van der Waals surface area (Å²) < 4.78 is 12.8. The van der Waals surface area contributed by atoms with Crippen LogP contribution in [0.3, 0.4) is 0 Å². The number of aromatic nitrogens is 2. The zero-order valence-electron chi connectivity index (χ0n) is 15.8. The summed E-state index contributed by atoms with van der Waals surface area (Å²) in [7, 11) is 1.62. The van der Waals surface area contributed by atoms with Crippen LogP contribution in [0.4, 0.5) is 0 Å². The summed E-state index contributed by atoms with van der Waals surface area (Å²) in [6.07, 6.45) is 0. The fourth-order valence-electron chi connectivity index (χ4n) is 3.56. The third kappa shape index (κ3) is 3.08. The quantitative estimate of drug-likeness (QED) is 0.489. The van der Waals surface area contributed by atoms with Gasteiger partial charge in [-0.3, -0.25) is 4.79 Å². The van der Waals surface area contributed by atoms with Gasteiger partial charge >= 0.3 is 0 Å². The van der Waals surface area contributed by atoms with Crippen molar-refractivity contribution in [2.24, 2.45) is 0 Å². The van der Waals surface area contributed by atoms with Gasteiger partial charge in [0.1, 0.15) is 11.5 Å². The van der Waals surface area contributed by atoms with E-state index in [0.717, 1.165) is 33.3 Å². The molecule has 0 bridgehead atoms. The minimum absolute atomic E-state index is 0.0938. The SMILES string of the molecule is COc1ccc2ccc(=O)n(Cc3ccc(Cl)cc3)c2c1-c1c(C)noc1C. The lowest BCUT2D eigenvalue weighted by atomic mass is 9.98. The topological polar surface area (TPSA) is 57.3 Å². The molecule has 0 spiro atoms. The number of nitrogens with zero attached hydrogens (tertiary/aromatic N) is 2. The van der Waals surface area contributed by atoms with Gasteiger partial charge in [-0.1, -0.05) is 28.9 Å². The first-order chi connectivity index (χ1) is 13.5. The molecule has 0 aliphatic rings. The summed E-state index contributed by atoms with van der Waals surface area (Å²) in [5.41, 5.74) is 4.07. The fourth-order valence-corrected chi connectivity index (χ4v) is 3.68. The average Bonchev–Trinajstić information content (AvgIpc) is 3.02. The van der Waals surface area contributed by atoms with Gasteiger partial charge in [-0.15, -0.1) is 0 Å². The lowest BCUT2D eigenvalue weighted by molar-refractivity contribution is 0.393. The summed E-state index contributed by atoms with van der Waals surface area (Å²) in [6, 6.07) is 14.8. The Labute approximate surface area is 167 Å². The van der Waals surface area contributed by atoms with Gasteiger partial charge in [0.25, 0.3) is 5.56 Å². The first kappa shape index (κ1) is 18.3. The van der Waals surface area contributed by atoms with Crippen LogP contribution in [-0.4, -0.2) is 16.8 Å². The minimum atomic E-state index is -0.0938. The normalized spacial score (nSPS) is 11.1. The van der Waals surface area contributed by atoms with Crippen LogP contribution in [0.5, 0.6) is 5.75 Å². The van der Waals surface area contributed by atoms with Crippen LogP contribution in [0.2, 0.25) is 5.02 Å². The molecule has 0 amide bonds. The van der Waals surface area contributed by atoms with Gasteiger partial charge in [-0.2, -0.15) is 0 Å². The van der Waals surface area contributed by atoms with Crippen LogP contribution >= 0.6 is 11.6 Å². The van der Waals surface area contributed by atoms with E-state index in [1.54, 1.807) is 17.7 Å². The van der Waals surface area contributed by atoms with Crippen LogP contribution in [0.15, 0.2) is 57.8 Å². The van der Waals surface area contributed by atoms with Crippen molar-refractivity contribution in [3.8, 4) is 16.9 Å². The van der Waals surface area contributed by atoms with E-state index < -0.39 is 0 Å². The monoisotopic (exact) mass is 394 g/mol. The van der Waals surface area contributed by atoms with E-state index in [1.807, 2.05) is 56.3 Å². The number of fused-ring (bicyclic) bond motifs is 1. The lowest BCUT2D eigenvalue weighted by Crippen LogP contribution is -2.20.